The maximum absolute atomic E-state index is 13.5. The Hall–Kier alpha value is -4.04. The van der Waals surface area contributed by atoms with Gasteiger partial charge in [0.15, 0.2) is 0 Å². The number of nitrogens with one attached hydrogen (secondary N) is 2. The van der Waals surface area contributed by atoms with Crippen LogP contribution in [0, 0.1) is 6.92 Å². The number of pyridine rings is 2. The number of halogens is 1. The summed E-state index contributed by atoms with van der Waals surface area (Å²) in [5.74, 6) is -0.422. The summed E-state index contributed by atoms with van der Waals surface area (Å²) in [5, 5.41) is 10.2. The van der Waals surface area contributed by atoms with E-state index in [1.165, 1.54) is 0 Å². The van der Waals surface area contributed by atoms with Crippen LogP contribution in [-0.4, -0.2) is 38.5 Å². The Bertz CT molecular complexity index is 1400. The molecule has 34 heavy (non-hydrogen) atoms. The Labute approximate surface area is 201 Å². The Balaban J connectivity index is 1.36. The van der Waals surface area contributed by atoms with Crippen LogP contribution in [0.2, 0.25) is 5.02 Å². The third-order valence-electron chi connectivity index (χ3n) is 5.83. The topological polar surface area (TPSA) is 104 Å². The molecule has 4 heterocycles. The third kappa shape index (κ3) is 4.15. The van der Waals surface area contributed by atoms with Gasteiger partial charge in [-0.05, 0) is 55.3 Å². The molecule has 8 nitrogen and oxygen atoms in total. The zero-order valence-corrected chi connectivity index (χ0v) is 19.1. The molecule has 1 aliphatic heterocycles. The number of aromatic amines is 1. The van der Waals surface area contributed by atoms with Gasteiger partial charge in [-0.2, -0.15) is 5.10 Å². The zero-order chi connectivity index (χ0) is 23.7. The molecule has 0 saturated carbocycles. The predicted molar refractivity (Wildman–Crippen MR) is 130 cm³/mol. The van der Waals surface area contributed by atoms with Crippen LogP contribution < -0.4 is 10.2 Å². The largest absolute Gasteiger partial charge is 0.326 e. The zero-order valence-electron chi connectivity index (χ0n) is 18.4. The van der Waals surface area contributed by atoms with Gasteiger partial charge >= 0.3 is 0 Å². The maximum Gasteiger partial charge on any atom is 0.259 e. The molecule has 170 valence electrons. The van der Waals surface area contributed by atoms with Crippen molar-refractivity contribution in [2.45, 2.75) is 19.8 Å². The molecule has 0 radical (unpaired) electrons. The molecule has 9 heteroatoms. The van der Waals surface area contributed by atoms with Crippen molar-refractivity contribution in [3.8, 4) is 11.4 Å². The first kappa shape index (κ1) is 21.8. The Morgan fingerprint density at radius 1 is 1.15 bits per heavy atom. The molecule has 2 N–H and O–H groups in total. The summed E-state index contributed by atoms with van der Waals surface area (Å²) in [7, 11) is 0. The second kappa shape index (κ2) is 9.07. The van der Waals surface area contributed by atoms with Gasteiger partial charge in [-0.1, -0.05) is 17.7 Å². The van der Waals surface area contributed by atoms with Crippen LogP contribution in [0.15, 0.2) is 61.1 Å². The van der Waals surface area contributed by atoms with Gasteiger partial charge in [0.25, 0.3) is 5.91 Å². The molecule has 0 spiro atoms. The van der Waals surface area contributed by atoms with Crippen LogP contribution in [0.25, 0.3) is 11.4 Å². The van der Waals surface area contributed by atoms with Crippen molar-refractivity contribution < 1.29 is 9.59 Å². The number of carbonyl (C=O) groups is 2. The number of rotatable bonds is 4. The van der Waals surface area contributed by atoms with Gasteiger partial charge in [0.05, 0.1) is 34.6 Å². The molecule has 0 unspecified atom stereocenters. The van der Waals surface area contributed by atoms with E-state index in [4.69, 9.17) is 11.6 Å². The fourth-order valence-electron chi connectivity index (χ4n) is 4.07. The van der Waals surface area contributed by atoms with E-state index < -0.39 is 0 Å². The van der Waals surface area contributed by atoms with Gasteiger partial charge in [-0.25, -0.2) is 0 Å². The number of aromatic nitrogens is 4. The van der Waals surface area contributed by atoms with Gasteiger partial charge in [0.2, 0.25) is 5.91 Å². The lowest BCUT2D eigenvalue weighted by molar-refractivity contribution is -0.115. The standard InChI is InChI=1S/C25H21ClN6O2/c1-15-16(4-2-9-27-15)12-22(33)30-18-6-7-19(20(26)13-18)25(34)32-11-8-17-14-29-31-23(17)24-21(32)5-3-10-28-24/h2-7,9-10,13-14H,8,11-12H2,1H3,(H,29,31)(H,30,33). The van der Waals surface area contributed by atoms with Crippen molar-refractivity contribution in [3.63, 3.8) is 0 Å². The van der Waals surface area contributed by atoms with E-state index >= 15 is 0 Å². The van der Waals surface area contributed by atoms with E-state index in [1.54, 1.807) is 53.8 Å². The summed E-state index contributed by atoms with van der Waals surface area (Å²) in [6.07, 6.45) is 5.98. The maximum atomic E-state index is 13.5. The number of aryl methyl sites for hydroxylation is 1. The number of anilines is 2. The summed E-state index contributed by atoms with van der Waals surface area (Å²) in [4.78, 5) is 36.4. The van der Waals surface area contributed by atoms with Gasteiger partial charge in [-0.3, -0.25) is 24.7 Å². The van der Waals surface area contributed by atoms with Crippen LogP contribution in [0.1, 0.15) is 27.2 Å². The highest BCUT2D eigenvalue weighted by Crippen LogP contribution is 2.34. The van der Waals surface area contributed by atoms with E-state index in [1.807, 2.05) is 19.1 Å². The number of fused-ring (bicyclic) bond motifs is 3. The van der Waals surface area contributed by atoms with Gasteiger partial charge < -0.3 is 10.2 Å². The smallest absolute Gasteiger partial charge is 0.259 e. The molecule has 0 aliphatic carbocycles. The quantitative estimate of drug-likeness (QED) is 0.463. The molecule has 0 bridgehead atoms. The number of nitrogens with zero attached hydrogens (tertiary/aromatic N) is 4. The first-order valence-corrected chi connectivity index (χ1v) is 11.2. The van der Waals surface area contributed by atoms with E-state index in [-0.39, 0.29) is 23.3 Å². The van der Waals surface area contributed by atoms with Crippen LogP contribution in [0.3, 0.4) is 0 Å². The Morgan fingerprint density at radius 3 is 2.79 bits per heavy atom. The van der Waals surface area contributed by atoms with Crippen molar-refractivity contribution in [3.05, 3.63) is 88.5 Å². The average Bonchev–Trinajstić information content (AvgIpc) is 3.23. The van der Waals surface area contributed by atoms with Crippen molar-refractivity contribution in [2.75, 3.05) is 16.8 Å². The van der Waals surface area contributed by atoms with Gasteiger partial charge in [0.1, 0.15) is 5.69 Å². The number of carbonyl (C=O) groups excluding carboxylic acids is 2. The van der Waals surface area contributed by atoms with Gasteiger partial charge in [0, 0.05) is 35.9 Å². The van der Waals surface area contributed by atoms with Gasteiger partial charge in [-0.15, -0.1) is 0 Å². The fraction of sp³-hybridized carbons (Fsp3) is 0.160. The van der Waals surface area contributed by atoms with E-state index in [9.17, 15) is 9.59 Å². The molecular weight excluding hydrogens is 452 g/mol. The number of hydrogen-bond acceptors (Lipinski definition) is 5. The van der Waals surface area contributed by atoms with Crippen molar-refractivity contribution >= 4 is 34.8 Å². The SMILES string of the molecule is Cc1ncccc1CC(=O)Nc1ccc(C(=O)N2CCc3cn[nH]c3-c3ncccc32)c(Cl)c1. The average molecular weight is 473 g/mol. The third-order valence-corrected chi connectivity index (χ3v) is 6.15. The fourth-order valence-corrected chi connectivity index (χ4v) is 4.33. The lowest BCUT2D eigenvalue weighted by atomic mass is 10.1. The Kier molecular flexibility index (Phi) is 5.81. The summed E-state index contributed by atoms with van der Waals surface area (Å²) in [6.45, 7) is 2.33. The molecule has 0 fully saturated rings. The van der Waals surface area contributed by atoms with Crippen LogP contribution in [0.5, 0.6) is 0 Å². The summed E-state index contributed by atoms with van der Waals surface area (Å²) in [6, 6.07) is 12.2. The molecular formula is C25H21ClN6O2. The monoisotopic (exact) mass is 472 g/mol. The second-order valence-electron chi connectivity index (χ2n) is 8.02. The van der Waals surface area contributed by atoms with E-state index in [0.717, 1.165) is 22.5 Å². The molecule has 3 aromatic heterocycles. The molecule has 1 aliphatic rings. The summed E-state index contributed by atoms with van der Waals surface area (Å²) in [5.41, 5.74) is 5.72. The molecule has 1 aromatic carbocycles. The molecule has 4 aromatic rings. The minimum atomic E-state index is -0.235. The molecule has 0 saturated heterocycles. The molecule has 5 rings (SSSR count). The number of benzene rings is 1. The second-order valence-corrected chi connectivity index (χ2v) is 8.42. The Morgan fingerprint density at radius 2 is 1.97 bits per heavy atom. The number of amides is 2. The van der Waals surface area contributed by atoms with Crippen LogP contribution >= 0.6 is 11.6 Å². The highest BCUT2D eigenvalue weighted by Gasteiger charge is 2.28. The minimum absolute atomic E-state index is 0.187. The van der Waals surface area contributed by atoms with Crippen LogP contribution in [-0.2, 0) is 17.6 Å². The predicted octanol–water partition coefficient (Wildman–Crippen LogP) is 4.21. The lowest BCUT2D eigenvalue weighted by Crippen LogP contribution is -2.32. The summed E-state index contributed by atoms with van der Waals surface area (Å²) >= 11 is 6.51. The van der Waals surface area contributed by atoms with Crippen LogP contribution in [0.4, 0.5) is 11.4 Å². The van der Waals surface area contributed by atoms with E-state index in [0.29, 0.717) is 35.6 Å². The van der Waals surface area contributed by atoms with Crippen molar-refractivity contribution in [2.24, 2.45) is 0 Å². The number of H-pyrrole nitrogens is 1. The number of hydrogen-bond donors (Lipinski definition) is 2. The molecule has 2 amide bonds. The highest BCUT2D eigenvalue weighted by atomic mass is 35.5. The van der Waals surface area contributed by atoms with Crippen molar-refractivity contribution in [1.29, 1.82) is 0 Å². The summed E-state index contributed by atoms with van der Waals surface area (Å²) < 4.78 is 0. The minimum Gasteiger partial charge on any atom is -0.326 e. The normalized spacial score (nSPS) is 12.5. The highest BCUT2D eigenvalue weighted by molar-refractivity contribution is 6.35. The first-order valence-electron chi connectivity index (χ1n) is 10.8. The lowest BCUT2D eigenvalue weighted by Gasteiger charge is -2.23. The van der Waals surface area contributed by atoms with Crippen molar-refractivity contribution in [1.82, 2.24) is 20.2 Å². The van der Waals surface area contributed by atoms with E-state index in [2.05, 4.69) is 25.5 Å². The first-order chi connectivity index (χ1) is 16.5. The molecule has 0 atom stereocenters.